The van der Waals surface area contributed by atoms with E-state index in [0.717, 1.165) is 70.3 Å². The van der Waals surface area contributed by atoms with E-state index in [1.807, 2.05) is 18.3 Å². The highest BCUT2D eigenvalue weighted by Gasteiger charge is 2.23. The number of anilines is 2. The summed E-state index contributed by atoms with van der Waals surface area (Å²) in [5.41, 5.74) is 4.91. The van der Waals surface area contributed by atoms with Gasteiger partial charge in [-0.15, -0.1) is 0 Å². The molecule has 3 heterocycles. The smallest absolute Gasteiger partial charge is 0.225 e. The van der Waals surface area contributed by atoms with E-state index in [1.54, 1.807) is 0 Å². The zero-order chi connectivity index (χ0) is 21.0. The SMILES string of the molecule is Fc1ccc(N2CCN(c3ncc4c(n3)CCN(CCc3ccccc3)C4)CC2)cc1. The first-order valence-corrected chi connectivity index (χ1v) is 11.1. The van der Waals surface area contributed by atoms with Crippen LogP contribution >= 0.6 is 0 Å². The van der Waals surface area contributed by atoms with Crippen LogP contribution in [0.25, 0.3) is 0 Å². The van der Waals surface area contributed by atoms with Gasteiger partial charge in [-0.1, -0.05) is 30.3 Å². The van der Waals surface area contributed by atoms with Gasteiger partial charge in [0.1, 0.15) is 5.82 Å². The molecular weight excluding hydrogens is 389 g/mol. The van der Waals surface area contributed by atoms with Crippen LogP contribution in [0.2, 0.25) is 0 Å². The lowest BCUT2D eigenvalue weighted by molar-refractivity contribution is 0.254. The minimum atomic E-state index is -0.191. The molecule has 1 fully saturated rings. The Morgan fingerprint density at radius 2 is 1.58 bits per heavy atom. The van der Waals surface area contributed by atoms with Gasteiger partial charge in [0, 0.05) is 69.7 Å². The number of hydrogen-bond donors (Lipinski definition) is 0. The van der Waals surface area contributed by atoms with E-state index in [9.17, 15) is 4.39 Å². The van der Waals surface area contributed by atoms with E-state index in [2.05, 4.69) is 45.0 Å². The predicted octanol–water partition coefficient (Wildman–Crippen LogP) is 3.54. The van der Waals surface area contributed by atoms with Gasteiger partial charge >= 0.3 is 0 Å². The Balaban J connectivity index is 1.17. The average Bonchev–Trinajstić information content (AvgIpc) is 2.83. The van der Waals surface area contributed by atoms with E-state index in [1.165, 1.54) is 29.0 Å². The van der Waals surface area contributed by atoms with Gasteiger partial charge in [-0.3, -0.25) is 4.90 Å². The zero-order valence-corrected chi connectivity index (χ0v) is 17.8. The molecule has 5 nitrogen and oxygen atoms in total. The van der Waals surface area contributed by atoms with Gasteiger partial charge < -0.3 is 9.80 Å². The van der Waals surface area contributed by atoms with Crippen molar-refractivity contribution in [2.45, 2.75) is 19.4 Å². The first-order valence-electron chi connectivity index (χ1n) is 11.1. The van der Waals surface area contributed by atoms with Crippen LogP contribution in [-0.4, -0.2) is 54.1 Å². The third kappa shape index (κ3) is 4.69. The van der Waals surface area contributed by atoms with Crippen molar-refractivity contribution in [2.24, 2.45) is 0 Å². The number of aromatic nitrogens is 2. The highest BCUT2D eigenvalue weighted by Crippen LogP contribution is 2.22. The summed E-state index contributed by atoms with van der Waals surface area (Å²) in [7, 11) is 0. The highest BCUT2D eigenvalue weighted by atomic mass is 19.1. The van der Waals surface area contributed by atoms with E-state index < -0.39 is 0 Å². The Morgan fingerprint density at radius 3 is 2.35 bits per heavy atom. The summed E-state index contributed by atoms with van der Waals surface area (Å²) in [5, 5.41) is 0. The van der Waals surface area contributed by atoms with Gasteiger partial charge in [0.2, 0.25) is 5.95 Å². The van der Waals surface area contributed by atoms with E-state index in [4.69, 9.17) is 9.97 Å². The molecule has 1 aromatic heterocycles. The second kappa shape index (κ2) is 9.02. The summed E-state index contributed by atoms with van der Waals surface area (Å²) in [6, 6.07) is 17.4. The van der Waals surface area contributed by atoms with Crippen molar-refractivity contribution in [3.05, 3.63) is 83.4 Å². The van der Waals surface area contributed by atoms with Crippen molar-refractivity contribution in [1.82, 2.24) is 14.9 Å². The maximum absolute atomic E-state index is 13.2. The lowest BCUT2D eigenvalue weighted by Gasteiger charge is -2.36. The molecule has 0 bridgehead atoms. The molecule has 1 saturated heterocycles. The molecule has 0 spiro atoms. The van der Waals surface area contributed by atoms with Crippen molar-refractivity contribution >= 4 is 11.6 Å². The quantitative estimate of drug-likeness (QED) is 0.635. The molecule has 0 radical (unpaired) electrons. The molecule has 0 unspecified atom stereocenters. The number of hydrogen-bond acceptors (Lipinski definition) is 5. The van der Waals surface area contributed by atoms with Gasteiger partial charge in [0.05, 0.1) is 5.69 Å². The molecular formula is C25H28FN5. The van der Waals surface area contributed by atoms with E-state index >= 15 is 0 Å². The molecule has 160 valence electrons. The maximum atomic E-state index is 13.2. The molecule has 6 heteroatoms. The van der Waals surface area contributed by atoms with Crippen molar-refractivity contribution in [2.75, 3.05) is 49.1 Å². The Kier molecular flexibility index (Phi) is 5.80. The second-order valence-corrected chi connectivity index (χ2v) is 8.35. The molecule has 2 aliphatic rings. The largest absolute Gasteiger partial charge is 0.368 e. The van der Waals surface area contributed by atoms with Gasteiger partial charge in [-0.05, 0) is 36.2 Å². The minimum absolute atomic E-state index is 0.191. The van der Waals surface area contributed by atoms with Crippen LogP contribution in [0.4, 0.5) is 16.0 Å². The van der Waals surface area contributed by atoms with E-state index in [0.29, 0.717) is 0 Å². The molecule has 0 saturated carbocycles. The number of piperazine rings is 1. The van der Waals surface area contributed by atoms with Gasteiger partial charge in [0.15, 0.2) is 0 Å². The summed E-state index contributed by atoms with van der Waals surface area (Å²) in [5.74, 6) is 0.652. The third-order valence-corrected chi connectivity index (χ3v) is 6.31. The molecule has 0 amide bonds. The fourth-order valence-electron chi connectivity index (χ4n) is 4.46. The Morgan fingerprint density at radius 1 is 0.839 bits per heavy atom. The summed E-state index contributed by atoms with van der Waals surface area (Å²) < 4.78 is 13.2. The average molecular weight is 418 g/mol. The summed E-state index contributed by atoms with van der Waals surface area (Å²) in [4.78, 5) is 16.7. The van der Waals surface area contributed by atoms with Gasteiger partial charge in [0.25, 0.3) is 0 Å². The third-order valence-electron chi connectivity index (χ3n) is 6.31. The van der Waals surface area contributed by atoms with Crippen molar-refractivity contribution in [1.29, 1.82) is 0 Å². The van der Waals surface area contributed by atoms with Crippen LogP contribution in [-0.2, 0) is 19.4 Å². The van der Waals surface area contributed by atoms with Crippen LogP contribution < -0.4 is 9.80 Å². The Labute approximate surface area is 183 Å². The number of benzene rings is 2. The van der Waals surface area contributed by atoms with Crippen LogP contribution in [0.5, 0.6) is 0 Å². The molecule has 0 N–H and O–H groups in total. The lowest BCUT2D eigenvalue weighted by Crippen LogP contribution is -2.47. The van der Waals surface area contributed by atoms with Crippen LogP contribution in [0.3, 0.4) is 0 Å². The van der Waals surface area contributed by atoms with Crippen LogP contribution in [0, 0.1) is 5.82 Å². The summed E-state index contributed by atoms with van der Waals surface area (Å²) >= 11 is 0. The fraction of sp³-hybridized carbons (Fsp3) is 0.360. The monoisotopic (exact) mass is 417 g/mol. The molecule has 0 atom stereocenters. The molecule has 2 aliphatic heterocycles. The summed E-state index contributed by atoms with van der Waals surface area (Å²) in [6.07, 6.45) is 4.08. The van der Waals surface area contributed by atoms with Crippen molar-refractivity contribution < 1.29 is 4.39 Å². The first-order chi connectivity index (χ1) is 15.2. The van der Waals surface area contributed by atoms with Crippen LogP contribution in [0.15, 0.2) is 60.8 Å². The Bertz CT molecular complexity index is 1000. The summed E-state index contributed by atoms with van der Waals surface area (Å²) in [6.45, 7) is 6.57. The fourth-order valence-corrected chi connectivity index (χ4v) is 4.46. The first kappa shape index (κ1) is 19.9. The van der Waals surface area contributed by atoms with E-state index in [-0.39, 0.29) is 5.82 Å². The molecule has 31 heavy (non-hydrogen) atoms. The topological polar surface area (TPSA) is 35.5 Å². The number of halogens is 1. The number of fused-ring (bicyclic) bond motifs is 1. The number of rotatable bonds is 5. The lowest BCUT2D eigenvalue weighted by atomic mass is 10.1. The van der Waals surface area contributed by atoms with Gasteiger partial charge in [-0.2, -0.15) is 0 Å². The van der Waals surface area contributed by atoms with Crippen LogP contribution in [0.1, 0.15) is 16.8 Å². The zero-order valence-electron chi connectivity index (χ0n) is 17.8. The normalized spacial score (nSPS) is 16.9. The second-order valence-electron chi connectivity index (χ2n) is 8.35. The number of nitrogens with zero attached hydrogens (tertiary/aromatic N) is 5. The molecule has 5 rings (SSSR count). The van der Waals surface area contributed by atoms with Crippen molar-refractivity contribution in [3.8, 4) is 0 Å². The van der Waals surface area contributed by atoms with Gasteiger partial charge in [-0.25, -0.2) is 14.4 Å². The molecule has 2 aromatic carbocycles. The molecule has 3 aromatic rings. The minimum Gasteiger partial charge on any atom is -0.368 e. The highest BCUT2D eigenvalue weighted by molar-refractivity contribution is 5.48. The standard InChI is InChI=1S/C25H28FN5/c26-22-6-8-23(9-7-22)30-14-16-31(17-15-30)25-27-18-21-19-29(13-11-24(21)28-25)12-10-20-4-2-1-3-5-20/h1-9,18H,10-17,19H2. The Hall–Kier alpha value is -2.99. The maximum Gasteiger partial charge on any atom is 0.225 e. The molecule has 0 aliphatic carbocycles. The van der Waals surface area contributed by atoms with Crippen molar-refractivity contribution in [3.63, 3.8) is 0 Å². The predicted molar refractivity (Wildman–Crippen MR) is 122 cm³/mol.